The minimum absolute atomic E-state index is 0.423. The predicted octanol–water partition coefficient (Wildman–Crippen LogP) is 3.78. The Balaban J connectivity index is 1.74. The zero-order valence-corrected chi connectivity index (χ0v) is 12.2. The number of rotatable bonds is 2. The van der Waals surface area contributed by atoms with Gasteiger partial charge >= 0.3 is 0 Å². The maximum absolute atomic E-state index is 5.58. The van der Waals surface area contributed by atoms with Gasteiger partial charge in [0.1, 0.15) is 5.76 Å². The van der Waals surface area contributed by atoms with Crippen molar-refractivity contribution in [3.63, 3.8) is 0 Å². The van der Waals surface area contributed by atoms with E-state index in [1.54, 1.807) is 0 Å². The lowest BCUT2D eigenvalue weighted by atomic mass is 9.81. The van der Waals surface area contributed by atoms with E-state index in [0.29, 0.717) is 17.5 Å². The SMILES string of the molecule is CC1(C)CCSCC1NC1CCCc2occc21. The Morgan fingerprint density at radius 2 is 2.33 bits per heavy atom. The Labute approximate surface area is 114 Å². The molecule has 3 rings (SSSR count). The zero-order chi connectivity index (χ0) is 12.6. The van der Waals surface area contributed by atoms with Gasteiger partial charge in [-0.3, -0.25) is 0 Å². The first-order valence-electron chi connectivity index (χ1n) is 7.07. The van der Waals surface area contributed by atoms with E-state index in [1.165, 1.54) is 42.1 Å². The second kappa shape index (κ2) is 4.93. The third-order valence-corrected chi connectivity index (χ3v) is 5.63. The second-order valence-corrected chi connectivity index (χ2v) is 7.43. The molecule has 0 saturated carbocycles. The number of nitrogens with one attached hydrogen (secondary N) is 1. The molecule has 1 aliphatic heterocycles. The van der Waals surface area contributed by atoms with Crippen molar-refractivity contribution in [1.29, 1.82) is 0 Å². The van der Waals surface area contributed by atoms with Gasteiger partial charge in [-0.2, -0.15) is 11.8 Å². The van der Waals surface area contributed by atoms with Gasteiger partial charge < -0.3 is 9.73 Å². The molecular formula is C15H23NOS. The van der Waals surface area contributed by atoms with Crippen LogP contribution in [0.1, 0.15) is 50.5 Å². The van der Waals surface area contributed by atoms with Crippen molar-refractivity contribution in [2.24, 2.45) is 5.41 Å². The van der Waals surface area contributed by atoms with Gasteiger partial charge in [-0.25, -0.2) is 0 Å². The predicted molar refractivity (Wildman–Crippen MR) is 77.0 cm³/mol. The molecular weight excluding hydrogens is 242 g/mol. The molecule has 3 heteroatoms. The van der Waals surface area contributed by atoms with Gasteiger partial charge in [-0.1, -0.05) is 13.8 Å². The summed E-state index contributed by atoms with van der Waals surface area (Å²) >= 11 is 2.09. The van der Waals surface area contributed by atoms with E-state index in [1.807, 2.05) is 6.26 Å². The monoisotopic (exact) mass is 265 g/mol. The van der Waals surface area contributed by atoms with Crippen LogP contribution in [-0.4, -0.2) is 17.5 Å². The number of aryl methyl sites for hydroxylation is 1. The van der Waals surface area contributed by atoms with E-state index >= 15 is 0 Å². The Bertz CT molecular complexity index is 412. The molecule has 0 spiro atoms. The van der Waals surface area contributed by atoms with E-state index in [-0.39, 0.29) is 0 Å². The Morgan fingerprint density at radius 1 is 1.44 bits per heavy atom. The first-order chi connectivity index (χ1) is 8.67. The van der Waals surface area contributed by atoms with Crippen LogP contribution in [0, 0.1) is 5.41 Å². The normalized spacial score (nSPS) is 31.0. The van der Waals surface area contributed by atoms with Crippen LogP contribution in [0.5, 0.6) is 0 Å². The number of hydrogen-bond acceptors (Lipinski definition) is 3. The smallest absolute Gasteiger partial charge is 0.108 e. The highest BCUT2D eigenvalue weighted by Gasteiger charge is 2.35. The number of hydrogen-bond donors (Lipinski definition) is 1. The molecule has 1 aromatic rings. The third kappa shape index (κ3) is 2.35. The summed E-state index contributed by atoms with van der Waals surface area (Å²) in [4.78, 5) is 0. The average Bonchev–Trinajstić information content (AvgIpc) is 2.81. The lowest BCUT2D eigenvalue weighted by Gasteiger charge is -2.41. The zero-order valence-electron chi connectivity index (χ0n) is 11.4. The maximum Gasteiger partial charge on any atom is 0.108 e. The first-order valence-corrected chi connectivity index (χ1v) is 8.22. The Morgan fingerprint density at radius 3 is 3.17 bits per heavy atom. The summed E-state index contributed by atoms with van der Waals surface area (Å²) in [7, 11) is 0. The van der Waals surface area contributed by atoms with E-state index in [0.717, 1.165) is 6.42 Å². The summed E-state index contributed by atoms with van der Waals surface area (Å²) in [6.45, 7) is 4.81. The molecule has 2 aliphatic rings. The average molecular weight is 265 g/mol. The van der Waals surface area contributed by atoms with E-state index in [4.69, 9.17) is 4.42 Å². The van der Waals surface area contributed by atoms with Crippen LogP contribution in [0.25, 0.3) is 0 Å². The van der Waals surface area contributed by atoms with E-state index in [2.05, 4.69) is 37.0 Å². The van der Waals surface area contributed by atoms with E-state index < -0.39 is 0 Å². The lowest BCUT2D eigenvalue weighted by Crippen LogP contribution is -2.48. The van der Waals surface area contributed by atoms with E-state index in [9.17, 15) is 0 Å². The molecule has 2 unspecified atom stereocenters. The van der Waals surface area contributed by atoms with Crippen LogP contribution in [0.4, 0.5) is 0 Å². The molecule has 2 atom stereocenters. The molecule has 2 nitrogen and oxygen atoms in total. The van der Waals surface area contributed by atoms with Crippen LogP contribution in [0.15, 0.2) is 16.7 Å². The number of thioether (sulfide) groups is 1. The van der Waals surface area contributed by atoms with Gasteiger partial charge in [-0.05, 0) is 36.5 Å². The molecule has 2 heterocycles. The fourth-order valence-electron chi connectivity index (χ4n) is 3.11. The summed E-state index contributed by atoms with van der Waals surface area (Å²) < 4.78 is 5.58. The molecule has 1 N–H and O–H groups in total. The fraction of sp³-hybridized carbons (Fsp3) is 0.733. The van der Waals surface area contributed by atoms with Crippen LogP contribution in [-0.2, 0) is 6.42 Å². The molecule has 18 heavy (non-hydrogen) atoms. The highest BCUT2D eigenvalue weighted by atomic mass is 32.2. The maximum atomic E-state index is 5.58. The van der Waals surface area contributed by atoms with Crippen LogP contribution >= 0.6 is 11.8 Å². The third-order valence-electron chi connectivity index (χ3n) is 4.57. The van der Waals surface area contributed by atoms with Gasteiger partial charge in [0.2, 0.25) is 0 Å². The molecule has 0 amide bonds. The number of fused-ring (bicyclic) bond motifs is 1. The van der Waals surface area contributed by atoms with Crippen molar-refractivity contribution in [1.82, 2.24) is 5.32 Å². The van der Waals surface area contributed by atoms with Crippen molar-refractivity contribution in [2.45, 2.75) is 51.6 Å². The molecule has 100 valence electrons. The molecule has 0 bridgehead atoms. The van der Waals surface area contributed by atoms with Crippen molar-refractivity contribution in [2.75, 3.05) is 11.5 Å². The van der Waals surface area contributed by atoms with Gasteiger partial charge in [0.25, 0.3) is 0 Å². The van der Waals surface area contributed by atoms with Gasteiger partial charge in [0, 0.05) is 29.8 Å². The highest BCUT2D eigenvalue weighted by Crippen LogP contribution is 2.38. The highest BCUT2D eigenvalue weighted by molar-refractivity contribution is 7.99. The molecule has 0 radical (unpaired) electrons. The minimum Gasteiger partial charge on any atom is -0.469 e. The molecule has 1 saturated heterocycles. The first kappa shape index (κ1) is 12.6. The summed E-state index contributed by atoms with van der Waals surface area (Å²) in [5.74, 6) is 3.77. The lowest BCUT2D eigenvalue weighted by molar-refractivity contribution is 0.220. The molecule has 0 aromatic carbocycles. The van der Waals surface area contributed by atoms with Crippen molar-refractivity contribution in [3.8, 4) is 0 Å². The van der Waals surface area contributed by atoms with Gasteiger partial charge in [0.15, 0.2) is 0 Å². The standard InChI is InChI=1S/C15H23NOS/c1-15(2)7-9-18-10-14(15)16-12-4-3-5-13-11(12)6-8-17-13/h6,8,12,14,16H,3-5,7,9-10H2,1-2H3. The molecule has 1 fully saturated rings. The minimum atomic E-state index is 0.423. The summed E-state index contributed by atoms with van der Waals surface area (Å²) in [5, 5.41) is 3.91. The van der Waals surface area contributed by atoms with Crippen molar-refractivity contribution in [3.05, 3.63) is 23.7 Å². The fourth-order valence-corrected chi connectivity index (χ4v) is 4.73. The van der Waals surface area contributed by atoms with Gasteiger partial charge in [-0.15, -0.1) is 0 Å². The summed E-state index contributed by atoms with van der Waals surface area (Å²) in [6, 6.07) is 3.30. The number of furan rings is 1. The quantitative estimate of drug-likeness (QED) is 0.881. The summed E-state index contributed by atoms with van der Waals surface area (Å²) in [5.41, 5.74) is 1.83. The van der Waals surface area contributed by atoms with Gasteiger partial charge in [0.05, 0.1) is 6.26 Å². The summed E-state index contributed by atoms with van der Waals surface area (Å²) in [6.07, 6.45) is 6.79. The Hall–Kier alpha value is -0.410. The van der Waals surface area contributed by atoms with Crippen molar-refractivity contribution >= 4 is 11.8 Å². The van der Waals surface area contributed by atoms with Crippen molar-refractivity contribution < 1.29 is 4.42 Å². The molecule has 1 aliphatic carbocycles. The van der Waals surface area contributed by atoms with Crippen LogP contribution in [0.3, 0.4) is 0 Å². The molecule has 1 aromatic heterocycles. The largest absolute Gasteiger partial charge is 0.469 e. The second-order valence-electron chi connectivity index (χ2n) is 6.28. The topological polar surface area (TPSA) is 25.2 Å². The Kier molecular flexibility index (Phi) is 3.46. The van der Waals surface area contributed by atoms with Crippen LogP contribution < -0.4 is 5.32 Å². The van der Waals surface area contributed by atoms with Crippen LogP contribution in [0.2, 0.25) is 0 Å².